The Morgan fingerprint density at radius 2 is 1.16 bits per heavy atom. The fourth-order valence-corrected chi connectivity index (χ4v) is 1.54. The minimum Gasteiger partial charge on any atom is -0.411 e. The van der Waals surface area contributed by atoms with Crippen LogP contribution in [0, 0.1) is 0 Å². The van der Waals surface area contributed by atoms with Crippen LogP contribution in [0.4, 0.5) is 0 Å². The summed E-state index contributed by atoms with van der Waals surface area (Å²) in [5.74, 6) is 0. The van der Waals surface area contributed by atoms with Crippen LogP contribution < -0.4 is 0 Å². The van der Waals surface area contributed by atoms with Crippen LogP contribution >= 0.6 is 0 Å². The van der Waals surface area contributed by atoms with E-state index in [1.807, 2.05) is 27.7 Å². The van der Waals surface area contributed by atoms with Gasteiger partial charge in [0.2, 0.25) is 0 Å². The summed E-state index contributed by atoms with van der Waals surface area (Å²) < 4.78 is 0. The van der Waals surface area contributed by atoms with Crippen molar-refractivity contribution in [2.75, 3.05) is 13.1 Å². The Morgan fingerprint density at radius 3 is 1.42 bits per heavy atom. The molecule has 0 spiro atoms. The molecule has 0 amide bonds. The highest BCUT2D eigenvalue weighted by Crippen LogP contribution is 1.94. The highest BCUT2D eigenvalue weighted by molar-refractivity contribution is 6.41. The summed E-state index contributed by atoms with van der Waals surface area (Å²) >= 11 is 0. The van der Waals surface area contributed by atoms with E-state index in [-0.39, 0.29) is 0 Å². The second kappa shape index (κ2) is 10.2. The molecule has 2 N–H and O–H groups in total. The first-order valence-electron chi connectivity index (χ1n) is 6.55. The predicted octanol–water partition coefficient (Wildman–Crippen LogP) is 2.78. The molecule has 0 aromatic rings. The van der Waals surface area contributed by atoms with Crippen LogP contribution in [0.15, 0.2) is 20.3 Å². The Balaban J connectivity index is 4.19. The monoisotopic (exact) mass is 268 g/mol. The summed E-state index contributed by atoms with van der Waals surface area (Å²) in [6.45, 7) is 8.78. The number of oxime groups is 2. The SMILES string of the molecule is CC/C(=N/O)C(C)=NCCCN=C(C)/C(CC)=N\O. The highest BCUT2D eigenvalue weighted by Gasteiger charge is 2.01. The lowest BCUT2D eigenvalue weighted by Crippen LogP contribution is -2.11. The van der Waals surface area contributed by atoms with E-state index in [9.17, 15) is 0 Å². The fourth-order valence-electron chi connectivity index (χ4n) is 1.54. The second-order valence-corrected chi connectivity index (χ2v) is 4.09. The number of rotatable bonds is 8. The summed E-state index contributed by atoms with van der Waals surface area (Å²) in [6, 6.07) is 0. The minimum atomic E-state index is 0.611. The molecule has 0 aliphatic rings. The topological polar surface area (TPSA) is 89.9 Å². The minimum absolute atomic E-state index is 0.611. The Hall–Kier alpha value is -1.72. The van der Waals surface area contributed by atoms with Crippen LogP contribution in [0.25, 0.3) is 0 Å². The van der Waals surface area contributed by atoms with Crippen LogP contribution in [0.3, 0.4) is 0 Å². The molecule has 6 heteroatoms. The smallest absolute Gasteiger partial charge is 0.0999 e. The Morgan fingerprint density at radius 1 is 0.789 bits per heavy atom. The van der Waals surface area contributed by atoms with E-state index < -0.39 is 0 Å². The zero-order chi connectivity index (χ0) is 14.7. The van der Waals surface area contributed by atoms with Crippen molar-refractivity contribution in [3.8, 4) is 0 Å². The summed E-state index contributed by atoms with van der Waals surface area (Å²) in [7, 11) is 0. The first kappa shape index (κ1) is 17.3. The van der Waals surface area contributed by atoms with Crippen LogP contribution in [-0.2, 0) is 0 Å². The molecule has 0 heterocycles. The zero-order valence-electron chi connectivity index (χ0n) is 12.2. The van der Waals surface area contributed by atoms with Crippen LogP contribution in [0.2, 0.25) is 0 Å². The second-order valence-electron chi connectivity index (χ2n) is 4.09. The van der Waals surface area contributed by atoms with Gasteiger partial charge in [0.25, 0.3) is 0 Å². The maximum absolute atomic E-state index is 8.74. The molecule has 0 radical (unpaired) electrons. The van der Waals surface area contributed by atoms with Crippen molar-refractivity contribution >= 4 is 22.8 Å². The Bertz CT molecular complexity index is 348. The molecule has 0 aliphatic heterocycles. The molecule has 0 saturated carbocycles. The highest BCUT2D eigenvalue weighted by atomic mass is 16.4. The van der Waals surface area contributed by atoms with Crippen molar-refractivity contribution in [1.29, 1.82) is 0 Å². The molecule has 19 heavy (non-hydrogen) atoms. The van der Waals surface area contributed by atoms with Gasteiger partial charge in [-0.3, -0.25) is 9.98 Å². The molecular weight excluding hydrogens is 244 g/mol. The molecule has 0 saturated heterocycles. The third-order valence-corrected chi connectivity index (χ3v) is 2.76. The molecule has 0 aromatic heterocycles. The fraction of sp³-hybridized carbons (Fsp3) is 0.692. The first-order chi connectivity index (χ1) is 9.10. The maximum atomic E-state index is 8.74. The van der Waals surface area contributed by atoms with Gasteiger partial charge in [-0.25, -0.2) is 0 Å². The van der Waals surface area contributed by atoms with Gasteiger partial charge >= 0.3 is 0 Å². The lowest BCUT2D eigenvalue weighted by atomic mass is 10.2. The van der Waals surface area contributed by atoms with E-state index in [2.05, 4.69) is 20.3 Å². The van der Waals surface area contributed by atoms with Crippen LogP contribution in [0.1, 0.15) is 47.0 Å². The lowest BCUT2D eigenvalue weighted by molar-refractivity contribution is 0.319. The summed E-state index contributed by atoms with van der Waals surface area (Å²) in [5.41, 5.74) is 2.74. The van der Waals surface area contributed by atoms with E-state index >= 15 is 0 Å². The number of hydrogen-bond acceptors (Lipinski definition) is 6. The molecular formula is C13H24N4O2. The van der Waals surface area contributed by atoms with Gasteiger partial charge in [-0.15, -0.1) is 0 Å². The average Bonchev–Trinajstić information content (AvgIpc) is 2.41. The molecule has 0 rings (SSSR count). The van der Waals surface area contributed by atoms with E-state index in [1.165, 1.54) is 0 Å². The van der Waals surface area contributed by atoms with Gasteiger partial charge in [-0.2, -0.15) is 0 Å². The van der Waals surface area contributed by atoms with E-state index in [1.54, 1.807) is 0 Å². The van der Waals surface area contributed by atoms with Crippen molar-refractivity contribution in [2.24, 2.45) is 20.3 Å². The molecule has 6 nitrogen and oxygen atoms in total. The number of aliphatic imine (C=N–C) groups is 2. The van der Waals surface area contributed by atoms with E-state index in [0.717, 1.165) is 17.8 Å². The van der Waals surface area contributed by atoms with E-state index in [4.69, 9.17) is 10.4 Å². The van der Waals surface area contributed by atoms with Gasteiger partial charge in [-0.1, -0.05) is 24.2 Å². The van der Waals surface area contributed by atoms with Gasteiger partial charge in [-0.05, 0) is 33.1 Å². The summed E-state index contributed by atoms with van der Waals surface area (Å²) in [6.07, 6.45) is 2.13. The third kappa shape index (κ3) is 6.69. The first-order valence-corrected chi connectivity index (χ1v) is 6.55. The van der Waals surface area contributed by atoms with Gasteiger partial charge in [0, 0.05) is 13.1 Å². The normalized spacial score (nSPS) is 14.9. The van der Waals surface area contributed by atoms with Crippen molar-refractivity contribution < 1.29 is 10.4 Å². The van der Waals surface area contributed by atoms with Crippen molar-refractivity contribution in [1.82, 2.24) is 0 Å². The molecule has 0 bridgehead atoms. The van der Waals surface area contributed by atoms with Gasteiger partial charge in [0.05, 0.1) is 22.8 Å². The third-order valence-electron chi connectivity index (χ3n) is 2.76. The standard InChI is InChI=1S/C13H24N4O2/c1-5-12(16-18)10(3)14-8-7-9-15-11(4)13(6-2)17-19/h18-19H,5-9H2,1-4H3/b14-10?,15-11?,16-12-,17-13-. The molecule has 0 aromatic carbocycles. The van der Waals surface area contributed by atoms with Gasteiger partial charge in [0.1, 0.15) is 0 Å². The Kier molecular flexibility index (Phi) is 9.30. The van der Waals surface area contributed by atoms with Crippen molar-refractivity contribution in [3.05, 3.63) is 0 Å². The zero-order valence-corrected chi connectivity index (χ0v) is 12.2. The Labute approximate surface area is 114 Å². The largest absolute Gasteiger partial charge is 0.411 e. The molecule has 108 valence electrons. The average molecular weight is 268 g/mol. The van der Waals surface area contributed by atoms with Crippen molar-refractivity contribution in [3.63, 3.8) is 0 Å². The number of hydrogen-bond donors (Lipinski definition) is 2. The summed E-state index contributed by atoms with van der Waals surface area (Å²) in [4.78, 5) is 8.65. The van der Waals surface area contributed by atoms with Crippen molar-refractivity contribution in [2.45, 2.75) is 47.0 Å². The maximum Gasteiger partial charge on any atom is 0.0999 e. The van der Waals surface area contributed by atoms with Crippen LogP contribution in [-0.4, -0.2) is 46.4 Å². The predicted molar refractivity (Wildman–Crippen MR) is 79.6 cm³/mol. The number of nitrogens with zero attached hydrogens (tertiary/aromatic N) is 4. The molecule has 0 fully saturated rings. The molecule has 0 aliphatic carbocycles. The van der Waals surface area contributed by atoms with Crippen LogP contribution in [0.5, 0.6) is 0 Å². The van der Waals surface area contributed by atoms with Gasteiger partial charge in [0.15, 0.2) is 0 Å². The lowest BCUT2D eigenvalue weighted by Gasteiger charge is -2.02. The summed E-state index contributed by atoms with van der Waals surface area (Å²) in [5, 5.41) is 23.9. The molecule has 0 unspecified atom stereocenters. The van der Waals surface area contributed by atoms with E-state index in [0.29, 0.717) is 37.4 Å². The molecule has 0 atom stereocenters. The quantitative estimate of drug-likeness (QED) is 0.307. The van der Waals surface area contributed by atoms with Gasteiger partial charge < -0.3 is 10.4 Å².